The molecule has 0 radical (unpaired) electrons. The zero-order chi connectivity index (χ0) is 17.2. The van der Waals surface area contributed by atoms with Gasteiger partial charge < -0.3 is 14.9 Å². The molecule has 0 aliphatic heterocycles. The highest BCUT2D eigenvalue weighted by Gasteiger charge is 2.28. The molecule has 25 heavy (non-hydrogen) atoms. The number of aliphatic hydroxyl groups excluding tert-OH is 1. The van der Waals surface area contributed by atoms with Crippen molar-refractivity contribution in [3.63, 3.8) is 0 Å². The number of carbonyl (C=O) groups is 1. The Balaban J connectivity index is 1.36. The number of hydrogen-bond acceptors (Lipinski definition) is 5. The quantitative estimate of drug-likeness (QED) is 0.709. The highest BCUT2D eigenvalue weighted by molar-refractivity contribution is 7.12. The van der Waals surface area contributed by atoms with Crippen LogP contribution in [-0.2, 0) is 6.54 Å². The minimum Gasteiger partial charge on any atom is -0.383 e. The summed E-state index contributed by atoms with van der Waals surface area (Å²) in [5, 5.41) is 17.1. The lowest BCUT2D eigenvalue weighted by Gasteiger charge is -2.08. The zero-order valence-electron chi connectivity index (χ0n) is 13.5. The van der Waals surface area contributed by atoms with E-state index in [-0.39, 0.29) is 5.91 Å². The van der Waals surface area contributed by atoms with Crippen molar-refractivity contribution in [1.29, 1.82) is 0 Å². The minimum atomic E-state index is -0.646. The summed E-state index contributed by atoms with van der Waals surface area (Å²) in [4.78, 5) is 14.0. The first-order valence-corrected chi connectivity index (χ1v) is 9.09. The molecule has 2 heterocycles. The van der Waals surface area contributed by atoms with Crippen LogP contribution in [0.2, 0.25) is 0 Å². The molecule has 1 aliphatic rings. The molecule has 3 aromatic rings. The Morgan fingerprint density at radius 2 is 2.08 bits per heavy atom. The normalized spacial score (nSPS) is 15.1. The first-order chi connectivity index (χ1) is 12.2. The molecule has 2 aromatic heterocycles. The van der Waals surface area contributed by atoms with Crippen LogP contribution < -0.4 is 5.32 Å². The Morgan fingerprint density at radius 1 is 1.28 bits per heavy atom. The fourth-order valence-electron chi connectivity index (χ4n) is 2.65. The Labute approximate surface area is 149 Å². The molecule has 0 saturated heterocycles. The summed E-state index contributed by atoms with van der Waals surface area (Å²) < 4.78 is 5.21. The maximum atomic E-state index is 12.2. The highest BCUT2D eigenvalue weighted by atomic mass is 32.1. The lowest BCUT2D eigenvalue weighted by Crippen LogP contribution is -2.22. The predicted octanol–water partition coefficient (Wildman–Crippen LogP) is 3.63. The fraction of sp³-hybridized carbons (Fsp3) is 0.263. The molecule has 1 fully saturated rings. The molecule has 1 amide bonds. The number of amides is 1. The number of carbonyl (C=O) groups excluding carboxylic acids is 1. The molecular formula is C19H18N2O3S. The number of nitrogens with zero attached hydrogens (tertiary/aromatic N) is 1. The van der Waals surface area contributed by atoms with Gasteiger partial charge in [0.2, 0.25) is 0 Å². The van der Waals surface area contributed by atoms with Crippen molar-refractivity contribution < 1.29 is 14.4 Å². The summed E-state index contributed by atoms with van der Waals surface area (Å²) in [5.41, 5.74) is 1.18. The number of aliphatic hydroxyl groups is 1. The second kappa shape index (κ2) is 6.82. The third kappa shape index (κ3) is 3.65. The van der Waals surface area contributed by atoms with E-state index in [0.29, 0.717) is 18.2 Å². The van der Waals surface area contributed by atoms with Crippen molar-refractivity contribution in [2.24, 2.45) is 0 Å². The van der Waals surface area contributed by atoms with Crippen LogP contribution in [0.1, 0.15) is 56.4 Å². The second-order valence-electron chi connectivity index (χ2n) is 6.19. The number of hydrogen-bond donors (Lipinski definition) is 2. The van der Waals surface area contributed by atoms with Crippen molar-refractivity contribution >= 4 is 17.2 Å². The van der Waals surface area contributed by atoms with E-state index in [1.165, 1.54) is 11.3 Å². The minimum absolute atomic E-state index is 0.241. The van der Waals surface area contributed by atoms with Crippen molar-refractivity contribution in [3.8, 4) is 0 Å². The SMILES string of the molecule is O=C(NCc1ccc(C(O)c2ccccc2)s1)c1cc(C2CC2)on1. The maximum absolute atomic E-state index is 12.2. The first kappa shape index (κ1) is 16.1. The third-order valence-electron chi connectivity index (χ3n) is 4.23. The standard InChI is InChI=1S/C19H18N2O3S/c22-18(13-4-2-1-3-5-13)17-9-8-14(25-17)11-20-19(23)15-10-16(24-21-15)12-6-7-12/h1-5,8-10,12,18,22H,6-7,11H2,(H,20,23). The van der Waals surface area contributed by atoms with E-state index < -0.39 is 6.10 Å². The summed E-state index contributed by atoms with van der Waals surface area (Å²) in [6, 6.07) is 15.1. The van der Waals surface area contributed by atoms with E-state index in [2.05, 4.69) is 10.5 Å². The summed E-state index contributed by atoms with van der Waals surface area (Å²) in [6.45, 7) is 0.399. The lowest BCUT2D eigenvalue weighted by atomic mass is 10.1. The van der Waals surface area contributed by atoms with E-state index in [4.69, 9.17) is 4.52 Å². The molecule has 0 bridgehead atoms. The van der Waals surface area contributed by atoms with Gasteiger partial charge in [-0.3, -0.25) is 4.79 Å². The van der Waals surface area contributed by atoms with Gasteiger partial charge in [-0.25, -0.2) is 0 Å². The Morgan fingerprint density at radius 3 is 2.84 bits per heavy atom. The highest BCUT2D eigenvalue weighted by Crippen LogP contribution is 2.40. The smallest absolute Gasteiger partial charge is 0.273 e. The Kier molecular flexibility index (Phi) is 4.38. The number of nitrogens with one attached hydrogen (secondary N) is 1. The average Bonchev–Trinajstić information content (AvgIpc) is 3.19. The van der Waals surface area contributed by atoms with Gasteiger partial charge in [0.1, 0.15) is 11.9 Å². The van der Waals surface area contributed by atoms with Gasteiger partial charge in [0.15, 0.2) is 5.69 Å². The molecule has 1 saturated carbocycles. The monoisotopic (exact) mass is 354 g/mol. The van der Waals surface area contributed by atoms with Crippen LogP contribution in [0, 0.1) is 0 Å². The lowest BCUT2D eigenvalue weighted by molar-refractivity contribution is 0.0942. The molecule has 1 atom stereocenters. The number of rotatable bonds is 6. The van der Waals surface area contributed by atoms with E-state index >= 15 is 0 Å². The number of thiophene rings is 1. The second-order valence-corrected chi connectivity index (χ2v) is 7.39. The fourth-order valence-corrected chi connectivity index (χ4v) is 3.62. The zero-order valence-corrected chi connectivity index (χ0v) is 14.3. The summed E-state index contributed by atoms with van der Waals surface area (Å²) in [7, 11) is 0. The summed E-state index contributed by atoms with van der Waals surface area (Å²) in [5.74, 6) is 0.997. The van der Waals surface area contributed by atoms with Crippen LogP contribution in [0.5, 0.6) is 0 Å². The molecule has 1 aliphatic carbocycles. The van der Waals surface area contributed by atoms with Crippen molar-refractivity contribution in [2.75, 3.05) is 0 Å². The van der Waals surface area contributed by atoms with Gasteiger partial charge in [-0.15, -0.1) is 11.3 Å². The van der Waals surface area contributed by atoms with Crippen molar-refractivity contribution in [3.05, 3.63) is 75.3 Å². The van der Waals surface area contributed by atoms with E-state index in [0.717, 1.165) is 33.9 Å². The molecule has 2 N–H and O–H groups in total. The molecule has 128 valence electrons. The molecular weight excluding hydrogens is 336 g/mol. The first-order valence-electron chi connectivity index (χ1n) is 8.27. The molecule has 4 rings (SSSR count). The van der Waals surface area contributed by atoms with Crippen molar-refractivity contribution in [1.82, 2.24) is 10.5 Å². The topological polar surface area (TPSA) is 75.4 Å². The van der Waals surface area contributed by atoms with Crippen LogP contribution in [0.15, 0.2) is 53.1 Å². The van der Waals surface area contributed by atoms with Gasteiger partial charge in [-0.1, -0.05) is 35.5 Å². The van der Waals surface area contributed by atoms with Gasteiger partial charge in [0.05, 0.1) is 6.54 Å². The van der Waals surface area contributed by atoms with E-state index in [1.807, 2.05) is 42.5 Å². The molecule has 6 heteroatoms. The van der Waals surface area contributed by atoms with Crippen LogP contribution in [0.25, 0.3) is 0 Å². The van der Waals surface area contributed by atoms with Gasteiger partial charge in [0.25, 0.3) is 5.91 Å². The van der Waals surface area contributed by atoms with Crippen molar-refractivity contribution in [2.45, 2.75) is 31.4 Å². The maximum Gasteiger partial charge on any atom is 0.273 e. The van der Waals surface area contributed by atoms with E-state index in [1.54, 1.807) is 6.07 Å². The average molecular weight is 354 g/mol. The number of benzene rings is 1. The Bertz CT molecular complexity index is 868. The van der Waals surface area contributed by atoms with E-state index in [9.17, 15) is 9.90 Å². The number of aromatic nitrogens is 1. The molecule has 1 aromatic carbocycles. The van der Waals surface area contributed by atoms with Gasteiger partial charge in [-0.05, 0) is 30.5 Å². The van der Waals surface area contributed by atoms with Gasteiger partial charge in [0, 0.05) is 21.7 Å². The van der Waals surface area contributed by atoms with Crippen LogP contribution >= 0.6 is 11.3 Å². The van der Waals surface area contributed by atoms with Crippen LogP contribution in [0.3, 0.4) is 0 Å². The largest absolute Gasteiger partial charge is 0.383 e. The third-order valence-corrected chi connectivity index (χ3v) is 5.37. The summed E-state index contributed by atoms with van der Waals surface area (Å²) >= 11 is 1.48. The van der Waals surface area contributed by atoms with Gasteiger partial charge >= 0.3 is 0 Å². The van der Waals surface area contributed by atoms with Crippen LogP contribution in [0.4, 0.5) is 0 Å². The summed E-state index contributed by atoms with van der Waals surface area (Å²) in [6.07, 6.45) is 1.57. The molecule has 0 spiro atoms. The van der Waals surface area contributed by atoms with Gasteiger partial charge in [-0.2, -0.15) is 0 Å². The molecule has 1 unspecified atom stereocenters. The van der Waals surface area contributed by atoms with Crippen LogP contribution in [-0.4, -0.2) is 16.2 Å². The Hall–Kier alpha value is -2.44. The predicted molar refractivity (Wildman–Crippen MR) is 94.5 cm³/mol. The molecule has 5 nitrogen and oxygen atoms in total.